The minimum absolute atomic E-state index is 0.0320. The summed E-state index contributed by atoms with van der Waals surface area (Å²) in [4.78, 5) is 106. The van der Waals surface area contributed by atoms with Crippen LogP contribution in [0.3, 0.4) is 0 Å². The maximum Gasteiger partial charge on any atom is 0.338 e. The van der Waals surface area contributed by atoms with E-state index in [4.69, 9.17) is 33.2 Å². The van der Waals surface area contributed by atoms with Crippen LogP contribution in [-0.4, -0.2) is 89.3 Å². The van der Waals surface area contributed by atoms with Crippen LogP contribution in [0.2, 0.25) is 0 Å². The van der Waals surface area contributed by atoms with Crippen LogP contribution in [0.25, 0.3) is 0 Å². The standard InChI is InChI=1S/C39H48O15/c1-20-17-18-37(9,10)35(51-25(6)43)32(49-23(4)41)31(52-36(47)28-15-13-12-14-16-28)21(2)30(48-22(3)40)29-34(50-24(5)42)38(11,53-26(7)44)19-39(29,33(20)46)54-27(8)45/h12-18,20,29-32,34-35H,2,19H2,1,3-11H3/b18-17-/t20-,29-,30-,31-,32+,34+,35+,38+,39+/m0/s1. The second-order valence-electron chi connectivity index (χ2n) is 14.4. The van der Waals surface area contributed by atoms with Crippen LogP contribution in [0.5, 0.6) is 0 Å². The molecular weight excluding hydrogens is 708 g/mol. The number of carbonyl (C=O) groups excluding carboxylic acids is 8. The van der Waals surface area contributed by atoms with Gasteiger partial charge in [0.25, 0.3) is 0 Å². The maximum atomic E-state index is 14.9. The van der Waals surface area contributed by atoms with Gasteiger partial charge in [0.1, 0.15) is 6.10 Å². The SMILES string of the molecule is C=C1[C@H](OC(=O)c2ccccc2)[C@@H](OC(C)=O)[C@@H](OC(C)=O)C(C)(C)/C=C\[C@H](C)C(=O)[C@@]2(OC(C)=O)C[C@@](C)(OC(C)=O)[C@H](OC(C)=O)[C@@H]2[C@H]1OC(C)=O. The van der Waals surface area contributed by atoms with Crippen molar-refractivity contribution in [3.8, 4) is 0 Å². The van der Waals surface area contributed by atoms with Gasteiger partial charge in [0.15, 0.2) is 41.4 Å². The zero-order valence-corrected chi connectivity index (χ0v) is 32.1. The predicted molar refractivity (Wildman–Crippen MR) is 187 cm³/mol. The lowest BCUT2D eigenvalue weighted by atomic mass is 9.72. The maximum absolute atomic E-state index is 14.9. The number of hydrogen-bond donors (Lipinski definition) is 0. The van der Waals surface area contributed by atoms with Gasteiger partial charge in [-0.25, -0.2) is 4.79 Å². The zero-order chi connectivity index (χ0) is 40.9. The summed E-state index contributed by atoms with van der Waals surface area (Å²) in [5, 5.41) is 0. The van der Waals surface area contributed by atoms with Crippen molar-refractivity contribution < 1.29 is 71.5 Å². The van der Waals surface area contributed by atoms with Crippen molar-refractivity contribution in [1.29, 1.82) is 0 Å². The molecule has 0 unspecified atom stereocenters. The fourth-order valence-electron chi connectivity index (χ4n) is 7.32. The first-order chi connectivity index (χ1) is 25.0. The molecule has 9 atom stereocenters. The first-order valence-electron chi connectivity index (χ1n) is 17.2. The molecule has 0 radical (unpaired) electrons. The largest absolute Gasteiger partial charge is 0.458 e. The van der Waals surface area contributed by atoms with Crippen LogP contribution in [0.15, 0.2) is 54.6 Å². The van der Waals surface area contributed by atoms with Crippen LogP contribution in [0, 0.1) is 17.3 Å². The van der Waals surface area contributed by atoms with Crippen LogP contribution in [0.1, 0.15) is 86.0 Å². The number of allylic oxidation sites excluding steroid dienone is 1. The van der Waals surface area contributed by atoms with Crippen molar-refractivity contribution in [3.63, 3.8) is 0 Å². The van der Waals surface area contributed by atoms with Gasteiger partial charge >= 0.3 is 41.8 Å². The third-order valence-corrected chi connectivity index (χ3v) is 9.24. The van der Waals surface area contributed by atoms with Gasteiger partial charge in [0, 0.05) is 64.9 Å². The van der Waals surface area contributed by atoms with E-state index in [-0.39, 0.29) is 11.1 Å². The third-order valence-electron chi connectivity index (χ3n) is 9.24. The van der Waals surface area contributed by atoms with Crippen molar-refractivity contribution in [3.05, 3.63) is 60.2 Å². The minimum Gasteiger partial charge on any atom is -0.458 e. The second kappa shape index (κ2) is 16.8. The van der Waals surface area contributed by atoms with Gasteiger partial charge in [-0.15, -0.1) is 0 Å². The number of carbonyl (C=O) groups is 8. The summed E-state index contributed by atoms with van der Waals surface area (Å²) in [6, 6.07) is 7.64. The van der Waals surface area contributed by atoms with Crippen molar-refractivity contribution in [1.82, 2.24) is 0 Å². The first kappa shape index (κ1) is 43.1. The summed E-state index contributed by atoms with van der Waals surface area (Å²) >= 11 is 0. The lowest BCUT2D eigenvalue weighted by Gasteiger charge is -2.44. The minimum atomic E-state index is -2.38. The molecule has 0 saturated heterocycles. The topological polar surface area (TPSA) is 201 Å². The highest BCUT2D eigenvalue weighted by Crippen LogP contribution is 2.54. The molecule has 0 bridgehead atoms. The van der Waals surface area contributed by atoms with E-state index in [9.17, 15) is 38.4 Å². The lowest BCUT2D eigenvalue weighted by molar-refractivity contribution is -0.193. The Hall–Kier alpha value is -5.34. The summed E-state index contributed by atoms with van der Waals surface area (Å²) in [5.74, 6) is -10.1. The Bertz CT molecular complexity index is 1710. The number of fused-ring (bicyclic) bond motifs is 1. The molecule has 294 valence electrons. The number of rotatable bonds is 8. The normalized spacial score (nSPS) is 31.2. The number of hydrogen-bond acceptors (Lipinski definition) is 15. The van der Waals surface area contributed by atoms with Gasteiger partial charge in [0.2, 0.25) is 0 Å². The Balaban J connectivity index is 2.59. The highest BCUT2D eigenvalue weighted by Gasteiger charge is 2.72. The monoisotopic (exact) mass is 756 g/mol. The molecule has 1 fully saturated rings. The molecular formula is C39H48O15. The Morgan fingerprint density at radius 3 is 1.69 bits per heavy atom. The Morgan fingerprint density at radius 2 is 1.19 bits per heavy atom. The molecule has 0 aliphatic heterocycles. The first-order valence-corrected chi connectivity index (χ1v) is 17.2. The van der Waals surface area contributed by atoms with Crippen LogP contribution in [-0.2, 0) is 66.7 Å². The summed E-state index contributed by atoms with van der Waals surface area (Å²) in [7, 11) is 0. The van der Waals surface area contributed by atoms with Gasteiger partial charge in [-0.2, -0.15) is 0 Å². The van der Waals surface area contributed by atoms with Gasteiger partial charge in [0.05, 0.1) is 11.5 Å². The number of ketones is 1. The average Bonchev–Trinajstić information content (AvgIpc) is 3.27. The Kier molecular flexibility index (Phi) is 13.4. The van der Waals surface area contributed by atoms with Crippen LogP contribution in [0.4, 0.5) is 0 Å². The average molecular weight is 757 g/mol. The van der Waals surface area contributed by atoms with Crippen LogP contribution >= 0.6 is 0 Å². The molecule has 1 aromatic rings. The fourth-order valence-corrected chi connectivity index (χ4v) is 7.32. The van der Waals surface area contributed by atoms with E-state index in [1.165, 1.54) is 38.1 Å². The second-order valence-corrected chi connectivity index (χ2v) is 14.4. The summed E-state index contributed by atoms with van der Waals surface area (Å²) in [6.45, 7) is 16.6. The van der Waals surface area contributed by atoms with Gasteiger partial charge in [-0.1, -0.05) is 57.7 Å². The Morgan fingerprint density at radius 1 is 0.667 bits per heavy atom. The van der Waals surface area contributed by atoms with E-state index in [0.717, 1.165) is 41.5 Å². The highest BCUT2D eigenvalue weighted by atomic mass is 16.6. The van der Waals surface area contributed by atoms with E-state index in [2.05, 4.69) is 6.58 Å². The van der Waals surface area contributed by atoms with E-state index in [1.54, 1.807) is 32.0 Å². The number of benzene rings is 1. The van der Waals surface area contributed by atoms with E-state index >= 15 is 0 Å². The molecule has 15 nitrogen and oxygen atoms in total. The van der Waals surface area contributed by atoms with Crippen molar-refractivity contribution in [2.45, 2.75) is 117 Å². The molecule has 0 spiro atoms. The summed E-state index contributed by atoms with van der Waals surface area (Å²) in [5.41, 5.74) is -5.95. The molecule has 54 heavy (non-hydrogen) atoms. The smallest absolute Gasteiger partial charge is 0.338 e. The predicted octanol–water partition coefficient (Wildman–Crippen LogP) is 3.94. The molecule has 0 amide bonds. The van der Waals surface area contributed by atoms with E-state index in [1.807, 2.05) is 0 Å². The molecule has 2 aliphatic rings. The summed E-state index contributed by atoms with van der Waals surface area (Å²) in [6.07, 6.45) is -6.25. The van der Waals surface area contributed by atoms with E-state index in [0.29, 0.717) is 0 Å². The number of Topliss-reactive ketones (excluding diaryl/α,β-unsaturated/α-hetero) is 1. The fraction of sp³-hybridized carbons (Fsp3) is 0.538. The molecule has 1 saturated carbocycles. The highest BCUT2D eigenvalue weighted by molar-refractivity contribution is 5.94. The number of ether oxygens (including phenoxy) is 7. The van der Waals surface area contributed by atoms with Crippen molar-refractivity contribution >= 4 is 47.6 Å². The van der Waals surface area contributed by atoms with Gasteiger partial charge in [-0.05, 0) is 19.1 Å². The molecule has 2 aliphatic carbocycles. The molecule has 1 aromatic carbocycles. The van der Waals surface area contributed by atoms with Crippen molar-refractivity contribution in [2.75, 3.05) is 0 Å². The van der Waals surface area contributed by atoms with Gasteiger partial charge in [-0.3, -0.25) is 33.6 Å². The third kappa shape index (κ3) is 9.60. The van der Waals surface area contributed by atoms with Crippen LogP contribution < -0.4 is 0 Å². The van der Waals surface area contributed by atoms with Crippen molar-refractivity contribution in [2.24, 2.45) is 17.3 Å². The Labute approximate surface area is 313 Å². The quantitative estimate of drug-likeness (QED) is 0.210. The lowest BCUT2D eigenvalue weighted by Crippen LogP contribution is -2.59. The van der Waals surface area contributed by atoms with Gasteiger partial charge < -0.3 is 33.2 Å². The number of esters is 7. The molecule has 15 heteroatoms. The zero-order valence-electron chi connectivity index (χ0n) is 32.1. The summed E-state index contributed by atoms with van der Waals surface area (Å²) < 4.78 is 41.0. The van der Waals surface area contributed by atoms with E-state index < -0.39 is 113 Å². The molecule has 3 rings (SSSR count). The molecule has 0 N–H and O–H groups in total. The molecule has 0 heterocycles. The molecule has 0 aromatic heterocycles.